The molecule has 0 amide bonds. The van der Waals surface area contributed by atoms with Gasteiger partial charge in [-0.2, -0.15) is 0 Å². The van der Waals surface area contributed by atoms with Crippen molar-refractivity contribution in [2.45, 2.75) is 17.9 Å². The van der Waals surface area contributed by atoms with Gasteiger partial charge in [0.1, 0.15) is 5.75 Å². The Morgan fingerprint density at radius 3 is 2.65 bits per heavy atom. The monoisotopic (exact) mass is 351 g/mol. The minimum atomic E-state index is -0.0279. The van der Waals surface area contributed by atoms with E-state index in [4.69, 9.17) is 10.5 Å². The van der Waals surface area contributed by atoms with E-state index in [2.05, 4.69) is 28.1 Å². The number of halogens is 1. The van der Waals surface area contributed by atoms with E-state index in [0.717, 1.165) is 21.5 Å². The van der Waals surface area contributed by atoms with Crippen LogP contribution in [-0.2, 0) is 0 Å². The molecule has 2 aromatic carbocycles. The number of hydrogen-bond acceptors (Lipinski definition) is 3. The van der Waals surface area contributed by atoms with Crippen molar-refractivity contribution in [3.63, 3.8) is 0 Å². The van der Waals surface area contributed by atoms with Gasteiger partial charge in [0, 0.05) is 26.7 Å². The third kappa shape index (κ3) is 4.54. The summed E-state index contributed by atoms with van der Waals surface area (Å²) < 4.78 is 6.88. The largest absolute Gasteiger partial charge is 0.492 e. The summed E-state index contributed by atoms with van der Waals surface area (Å²) in [6, 6.07) is 16.3. The lowest BCUT2D eigenvalue weighted by atomic mass is 10.1. The van der Waals surface area contributed by atoms with Crippen molar-refractivity contribution in [1.82, 2.24) is 0 Å². The van der Waals surface area contributed by atoms with Gasteiger partial charge in [-0.3, -0.25) is 0 Å². The fourth-order valence-electron chi connectivity index (χ4n) is 1.84. The zero-order chi connectivity index (χ0) is 14.4. The van der Waals surface area contributed by atoms with Crippen LogP contribution in [0.3, 0.4) is 0 Å². The van der Waals surface area contributed by atoms with Crippen LogP contribution < -0.4 is 10.5 Å². The molecule has 0 aliphatic carbocycles. The SMILES string of the molecule is C[C@H](N)c1ccc(Br)cc1OCCSc1ccccc1. The van der Waals surface area contributed by atoms with Crippen LogP contribution in [0.1, 0.15) is 18.5 Å². The molecular formula is C16H18BrNOS. The van der Waals surface area contributed by atoms with Crippen LogP contribution in [0.4, 0.5) is 0 Å². The van der Waals surface area contributed by atoms with E-state index >= 15 is 0 Å². The van der Waals surface area contributed by atoms with E-state index in [-0.39, 0.29) is 6.04 Å². The molecule has 2 aromatic rings. The minimum Gasteiger partial charge on any atom is -0.492 e. The van der Waals surface area contributed by atoms with Gasteiger partial charge in [-0.25, -0.2) is 0 Å². The molecule has 0 fully saturated rings. The third-order valence-corrected chi connectivity index (χ3v) is 4.29. The molecule has 0 heterocycles. The molecule has 0 aliphatic heterocycles. The molecule has 2 nitrogen and oxygen atoms in total. The van der Waals surface area contributed by atoms with Crippen molar-refractivity contribution in [3.05, 3.63) is 58.6 Å². The number of rotatable bonds is 6. The van der Waals surface area contributed by atoms with Crippen molar-refractivity contribution in [2.24, 2.45) is 5.73 Å². The van der Waals surface area contributed by atoms with Crippen LogP contribution in [0, 0.1) is 0 Å². The summed E-state index contributed by atoms with van der Waals surface area (Å²) in [7, 11) is 0. The summed E-state index contributed by atoms with van der Waals surface area (Å²) >= 11 is 5.26. The first-order valence-corrected chi connectivity index (χ1v) is 8.30. The molecule has 0 bridgehead atoms. The molecule has 0 spiro atoms. The van der Waals surface area contributed by atoms with E-state index in [1.807, 2.05) is 43.3 Å². The molecule has 0 saturated carbocycles. The van der Waals surface area contributed by atoms with Crippen LogP contribution in [-0.4, -0.2) is 12.4 Å². The third-order valence-electron chi connectivity index (χ3n) is 2.82. The van der Waals surface area contributed by atoms with Gasteiger partial charge in [0.25, 0.3) is 0 Å². The van der Waals surface area contributed by atoms with Gasteiger partial charge in [0.15, 0.2) is 0 Å². The number of ether oxygens (including phenoxy) is 1. The molecule has 0 unspecified atom stereocenters. The van der Waals surface area contributed by atoms with Gasteiger partial charge in [-0.15, -0.1) is 11.8 Å². The average molecular weight is 352 g/mol. The summed E-state index contributed by atoms with van der Waals surface area (Å²) in [5.74, 6) is 1.78. The van der Waals surface area contributed by atoms with Gasteiger partial charge in [-0.1, -0.05) is 40.2 Å². The lowest BCUT2D eigenvalue weighted by Gasteiger charge is -2.14. The highest BCUT2D eigenvalue weighted by atomic mass is 79.9. The van der Waals surface area contributed by atoms with Crippen molar-refractivity contribution < 1.29 is 4.74 Å². The predicted molar refractivity (Wildman–Crippen MR) is 89.4 cm³/mol. The van der Waals surface area contributed by atoms with Gasteiger partial charge in [-0.05, 0) is 31.2 Å². The topological polar surface area (TPSA) is 35.2 Å². The highest BCUT2D eigenvalue weighted by molar-refractivity contribution is 9.10. The van der Waals surface area contributed by atoms with Gasteiger partial charge in [0.2, 0.25) is 0 Å². The molecule has 0 aromatic heterocycles. The molecule has 20 heavy (non-hydrogen) atoms. The molecule has 0 radical (unpaired) electrons. The summed E-state index contributed by atoms with van der Waals surface area (Å²) in [4.78, 5) is 1.26. The lowest BCUT2D eigenvalue weighted by Crippen LogP contribution is -2.09. The first kappa shape index (κ1) is 15.4. The van der Waals surface area contributed by atoms with E-state index in [0.29, 0.717) is 6.61 Å². The lowest BCUT2D eigenvalue weighted by molar-refractivity contribution is 0.338. The number of hydrogen-bond donors (Lipinski definition) is 1. The van der Waals surface area contributed by atoms with Gasteiger partial charge < -0.3 is 10.5 Å². The van der Waals surface area contributed by atoms with Crippen molar-refractivity contribution >= 4 is 27.7 Å². The Morgan fingerprint density at radius 2 is 1.95 bits per heavy atom. The minimum absolute atomic E-state index is 0.0279. The molecule has 2 N–H and O–H groups in total. The van der Waals surface area contributed by atoms with Crippen LogP contribution >= 0.6 is 27.7 Å². The Kier molecular flexibility index (Phi) is 5.95. The first-order valence-electron chi connectivity index (χ1n) is 6.52. The van der Waals surface area contributed by atoms with Gasteiger partial charge >= 0.3 is 0 Å². The normalized spacial score (nSPS) is 12.2. The zero-order valence-electron chi connectivity index (χ0n) is 11.4. The second-order valence-electron chi connectivity index (χ2n) is 4.48. The Hall–Kier alpha value is -0.970. The number of thioether (sulfide) groups is 1. The van der Waals surface area contributed by atoms with Crippen LogP contribution in [0.25, 0.3) is 0 Å². The Morgan fingerprint density at radius 1 is 1.20 bits per heavy atom. The molecule has 106 valence electrons. The van der Waals surface area contributed by atoms with Crippen molar-refractivity contribution in [2.75, 3.05) is 12.4 Å². The standard InChI is InChI=1S/C16H18BrNOS/c1-12(18)15-8-7-13(17)11-16(15)19-9-10-20-14-5-3-2-4-6-14/h2-8,11-12H,9-10,18H2,1H3/t12-/m0/s1. The highest BCUT2D eigenvalue weighted by Gasteiger charge is 2.08. The predicted octanol–water partition coefficient (Wildman–Crippen LogP) is 4.64. The summed E-state index contributed by atoms with van der Waals surface area (Å²) in [6.07, 6.45) is 0. The second kappa shape index (κ2) is 7.72. The Bertz CT molecular complexity index is 545. The molecule has 0 saturated heterocycles. The maximum absolute atomic E-state index is 5.96. The van der Waals surface area contributed by atoms with E-state index in [9.17, 15) is 0 Å². The van der Waals surface area contributed by atoms with Crippen molar-refractivity contribution in [1.29, 1.82) is 0 Å². The van der Waals surface area contributed by atoms with Crippen LogP contribution in [0.2, 0.25) is 0 Å². The molecule has 2 rings (SSSR count). The smallest absolute Gasteiger partial charge is 0.125 e. The number of nitrogens with two attached hydrogens (primary N) is 1. The molecular weight excluding hydrogens is 334 g/mol. The maximum atomic E-state index is 5.96. The summed E-state index contributed by atoms with van der Waals surface area (Å²) in [5, 5.41) is 0. The molecule has 0 aliphatic rings. The van der Waals surface area contributed by atoms with E-state index in [1.165, 1.54) is 4.90 Å². The highest BCUT2D eigenvalue weighted by Crippen LogP contribution is 2.28. The fourth-order valence-corrected chi connectivity index (χ4v) is 2.93. The molecule has 4 heteroatoms. The Labute approximate surface area is 132 Å². The van der Waals surface area contributed by atoms with E-state index in [1.54, 1.807) is 11.8 Å². The van der Waals surface area contributed by atoms with Crippen molar-refractivity contribution in [3.8, 4) is 5.75 Å². The van der Waals surface area contributed by atoms with Crippen LogP contribution in [0.5, 0.6) is 5.75 Å². The molecule has 1 atom stereocenters. The first-order chi connectivity index (χ1) is 9.66. The van der Waals surface area contributed by atoms with E-state index < -0.39 is 0 Å². The maximum Gasteiger partial charge on any atom is 0.125 e. The van der Waals surface area contributed by atoms with Gasteiger partial charge in [0.05, 0.1) is 6.61 Å². The zero-order valence-corrected chi connectivity index (χ0v) is 13.8. The quantitative estimate of drug-likeness (QED) is 0.608. The Balaban J connectivity index is 1.89. The average Bonchev–Trinajstić information content (AvgIpc) is 2.44. The summed E-state index contributed by atoms with van der Waals surface area (Å²) in [6.45, 7) is 2.63. The second-order valence-corrected chi connectivity index (χ2v) is 6.56. The van der Waals surface area contributed by atoms with Crippen LogP contribution in [0.15, 0.2) is 57.9 Å². The fraction of sp³-hybridized carbons (Fsp3) is 0.250. The number of benzene rings is 2. The summed E-state index contributed by atoms with van der Waals surface area (Å²) in [5.41, 5.74) is 7.00.